The zero-order chi connectivity index (χ0) is 18.9. The van der Waals surface area contributed by atoms with Crippen LogP contribution in [0.3, 0.4) is 0 Å². The molecule has 1 atom stereocenters. The summed E-state index contributed by atoms with van der Waals surface area (Å²) in [5, 5.41) is 16.8. The molecule has 0 fully saturated rings. The standard InChI is InChI=1S/C20H22ClN3O2S/c21-19-9-8-18(27-19)17(25)14-24-20(22-11-10-16-7-4-12-26-16)23-13-15-5-2-1-3-6-15/h1-9,12,17,25H,10-11,13-14H2,(H2,22,23,24). The van der Waals surface area contributed by atoms with Crippen LogP contribution in [0.5, 0.6) is 0 Å². The minimum Gasteiger partial charge on any atom is -0.469 e. The number of aliphatic hydroxyl groups is 1. The molecule has 3 N–H and O–H groups in total. The minimum absolute atomic E-state index is 0.345. The number of nitrogens with one attached hydrogen (secondary N) is 2. The summed E-state index contributed by atoms with van der Waals surface area (Å²) in [6.07, 6.45) is 1.78. The van der Waals surface area contributed by atoms with E-state index >= 15 is 0 Å². The van der Waals surface area contributed by atoms with Crippen molar-refractivity contribution in [3.63, 3.8) is 0 Å². The topological polar surface area (TPSA) is 69.8 Å². The fourth-order valence-corrected chi connectivity index (χ4v) is 3.54. The number of hydrogen-bond donors (Lipinski definition) is 3. The largest absolute Gasteiger partial charge is 0.469 e. The lowest BCUT2D eigenvalue weighted by Crippen LogP contribution is -2.40. The van der Waals surface area contributed by atoms with Gasteiger partial charge >= 0.3 is 0 Å². The van der Waals surface area contributed by atoms with Crippen molar-refractivity contribution < 1.29 is 9.52 Å². The van der Waals surface area contributed by atoms with Crippen molar-refractivity contribution in [2.45, 2.75) is 19.1 Å². The van der Waals surface area contributed by atoms with Gasteiger partial charge in [0.2, 0.25) is 0 Å². The van der Waals surface area contributed by atoms with E-state index in [1.807, 2.05) is 48.5 Å². The Morgan fingerprint density at radius 1 is 1.11 bits per heavy atom. The van der Waals surface area contributed by atoms with Gasteiger partial charge in [0, 0.05) is 24.4 Å². The Labute approximate surface area is 167 Å². The lowest BCUT2D eigenvalue weighted by atomic mass is 10.2. The van der Waals surface area contributed by atoms with E-state index in [1.54, 1.807) is 12.3 Å². The number of thiophene rings is 1. The molecular weight excluding hydrogens is 382 g/mol. The second-order valence-corrected chi connectivity index (χ2v) is 7.69. The molecule has 0 aliphatic heterocycles. The molecule has 0 aliphatic carbocycles. The maximum atomic E-state index is 10.3. The summed E-state index contributed by atoms with van der Waals surface area (Å²) in [4.78, 5) is 5.44. The van der Waals surface area contributed by atoms with Gasteiger partial charge in [-0.15, -0.1) is 11.3 Å². The first-order chi connectivity index (χ1) is 13.2. The van der Waals surface area contributed by atoms with E-state index < -0.39 is 6.10 Å². The average molecular weight is 404 g/mol. The van der Waals surface area contributed by atoms with E-state index in [0.717, 1.165) is 22.6 Å². The predicted molar refractivity (Wildman–Crippen MR) is 110 cm³/mol. The first-order valence-electron chi connectivity index (χ1n) is 8.72. The van der Waals surface area contributed by atoms with Crippen LogP contribution in [0.1, 0.15) is 22.3 Å². The molecule has 1 aromatic carbocycles. The number of guanidine groups is 1. The number of nitrogens with zero attached hydrogens (tertiary/aromatic N) is 1. The number of hydrogen-bond acceptors (Lipinski definition) is 4. The van der Waals surface area contributed by atoms with E-state index in [2.05, 4.69) is 15.6 Å². The Kier molecular flexibility index (Phi) is 7.33. The highest BCUT2D eigenvalue weighted by Gasteiger charge is 2.11. The monoisotopic (exact) mass is 403 g/mol. The molecule has 0 saturated heterocycles. The number of furan rings is 1. The van der Waals surface area contributed by atoms with Crippen molar-refractivity contribution in [1.82, 2.24) is 10.6 Å². The summed E-state index contributed by atoms with van der Waals surface area (Å²) in [7, 11) is 0. The molecule has 0 aliphatic rings. The number of aliphatic imine (C=N–C) groups is 1. The van der Waals surface area contributed by atoms with Crippen LogP contribution in [-0.2, 0) is 13.0 Å². The molecule has 2 heterocycles. The van der Waals surface area contributed by atoms with Gasteiger partial charge in [0.05, 0.1) is 17.1 Å². The van der Waals surface area contributed by atoms with Crippen LogP contribution < -0.4 is 10.6 Å². The zero-order valence-electron chi connectivity index (χ0n) is 14.8. The smallest absolute Gasteiger partial charge is 0.191 e. The van der Waals surface area contributed by atoms with Crippen LogP contribution in [0, 0.1) is 0 Å². The summed E-state index contributed by atoms with van der Waals surface area (Å²) < 4.78 is 6.02. The van der Waals surface area contributed by atoms with Gasteiger partial charge in [-0.05, 0) is 29.8 Å². The van der Waals surface area contributed by atoms with Crippen LogP contribution in [0.2, 0.25) is 4.34 Å². The summed E-state index contributed by atoms with van der Waals surface area (Å²) in [5.41, 5.74) is 1.12. The van der Waals surface area contributed by atoms with Crippen LogP contribution in [0.15, 0.2) is 70.3 Å². The maximum Gasteiger partial charge on any atom is 0.191 e. The van der Waals surface area contributed by atoms with Gasteiger partial charge in [0.1, 0.15) is 11.9 Å². The van der Waals surface area contributed by atoms with Crippen molar-refractivity contribution in [2.75, 3.05) is 13.1 Å². The second-order valence-electron chi connectivity index (χ2n) is 5.95. The second kappa shape index (κ2) is 10.2. The first-order valence-corrected chi connectivity index (χ1v) is 9.92. The highest BCUT2D eigenvalue weighted by Crippen LogP contribution is 2.26. The average Bonchev–Trinajstić information content (AvgIpc) is 3.36. The molecule has 5 nitrogen and oxygen atoms in total. The highest BCUT2D eigenvalue weighted by atomic mass is 35.5. The summed E-state index contributed by atoms with van der Waals surface area (Å²) >= 11 is 7.32. The molecule has 7 heteroatoms. The molecule has 0 bridgehead atoms. The Bertz CT molecular complexity index is 834. The molecule has 0 radical (unpaired) electrons. The summed E-state index contributed by atoms with van der Waals surface area (Å²) in [6.45, 7) is 1.57. The van der Waals surface area contributed by atoms with Gasteiger partial charge in [0.15, 0.2) is 5.96 Å². The van der Waals surface area contributed by atoms with Crippen molar-refractivity contribution in [2.24, 2.45) is 4.99 Å². The maximum absolute atomic E-state index is 10.3. The van der Waals surface area contributed by atoms with Crippen molar-refractivity contribution in [3.8, 4) is 0 Å². The number of rotatable bonds is 8. The molecule has 0 saturated carbocycles. The Balaban J connectivity index is 1.57. The fraction of sp³-hybridized carbons (Fsp3) is 0.250. The van der Waals surface area contributed by atoms with E-state index in [9.17, 15) is 5.11 Å². The molecule has 3 aromatic rings. The number of halogens is 1. The fourth-order valence-electron chi connectivity index (χ4n) is 2.49. The molecule has 1 unspecified atom stereocenters. The molecule has 2 aromatic heterocycles. The lowest BCUT2D eigenvalue weighted by molar-refractivity contribution is 0.184. The molecule has 0 amide bonds. The number of benzene rings is 1. The molecule has 3 rings (SSSR count). The van der Waals surface area contributed by atoms with Crippen LogP contribution in [0.4, 0.5) is 0 Å². The zero-order valence-corrected chi connectivity index (χ0v) is 16.3. The Morgan fingerprint density at radius 2 is 1.96 bits per heavy atom. The summed E-state index contributed by atoms with van der Waals surface area (Å²) in [6, 6.07) is 17.5. The van der Waals surface area contributed by atoms with Gasteiger partial charge < -0.3 is 20.2 Å². The van der Waals surface area contributed by atoms with E-state index in [-0.39, 0.29) is 0 Å². The first kappa shape index (κ1) is 19.5. The summed E-state index contributed by atoms with van der Waals surface area (Å²) in [5.74, 6) is 1.56. The van der Waals surface area contributed by atoms with Gasteiger partial charge in [-0.1, -0.05) is 41.9 Å². The van der Waals surface area contributed by atoms with Gasteiger partial charge in [-0.3, -0.25) is 0 Å². The normalized spacial score (nSPS) is 12.7. The lowest BCUT2D eigenvalue weighted by Gasteiger charge is -2.15. The van der Waals surface area contributed by atoms with E-state index in [1.165, 1.54) is 11.3 Å². The third-order valence-corrected chi connectivity index (χ3v) is 5.22. The van der Waals surface area contributed by atoms with Crippen molar-refractivity contribution in [3.05, 3.63) is 81.4 Å². The van der Waals surface area contributed by atoms with Crippen LogP contribution in [-0.4, -0.2) is 24.2 Å². The van der Waals surface area contributed by atoms with Crippen molar-refractivity contribution in [1.29, 1.82) is 0 Å². The molecular formula is C20H22ClN3O2S. The third kappa shape index (κ3) is 6.43. The third-order valence-electron chi connectivity index (χ3n) is 3.89. The number of aliphatic hydroxyl groups excluding tert-OH is 1. The Hall–Kier alpha value is -2.28. The molecule has 142 valence electrons. The van der Waals surface area contributed by atoms with Crippen LogP contribution >= 0.6 is 22.9 Å². The van der Waals surface area contributed by atoms with Crippen molar-refractivity contribution >= 4 is 28.9 Å². The van der Waals surface area contributed by atoms with Gasteiger partial charge in [-0.2, -0.15) is 0 Å². The molecule has 27 heavy (non-hydrogen) atoms. The highest BCUT2D eigenvalue weighted by molar-refractivity contribution is 7.16. The van der Waals surface area contributed by atoms with E-state index in [0.29, 0.717) is 29.9 Å². The molecule has 0 spiro atoms. The van der Waals surface area contributed by atoms with Crippen LogP contribution in [0.25, 0.3) is 0 Å². The van der Waals surface area contributed by atoms with Gasteiger partial charge in [-0.25, -0.2) is 4.99 Å². The predicted octanol–water partition coefficient (Wildman–Crippen LogP) is 4.01. The van der Waals surface area contributed by atoms with Gasteiger partial charge in [0.25, 0.3) is 0 Å². The SMILES string of the molecule is OC(CNC(=NCc1ccccc1)NCCc1ccco1)c1ccc(Cl)s1. The quantitative estimate of drug-likeness (QED) is 0.392. The Morgan fingerprint density at radius 3 is 2.67 bits per heavy atom. The minimum atomic E-state index is -0.642. The van der Waals surface area contributed by atoms with E-state index in [4.69, 9.17) is 16.0 Å².